The molecule has 4 heteroatoms. The van der Waals surface area contributed by atoms with Crippen molar-refractivity contribution in [2.45, 2.75) is 13.3 Å². The molecule has 0 aliphatic rings. The molecule has 2 aromatic rings. The lowest BCUT2D eigenvalue weighted by molar-refractivity contribution is 1.14. The topological polar surface area (TPSA) is 25.2 Å². The minimum absolute atomic E-state index is 0.561. The zero-order valence-electron chi connectivity index (χ0n) is 9.85. The van der Waals surface area contributed by atoms with E-state index >= 15 is 0 Å². The van der Waals surface area contributed by atoms with E-state index in [4.69, 9.17) is 11.6 Å². The second kappa shape index (κ2) is 5.87. The van der Waals surface area contributed by atoms with Crippen LogP contribution in [0.3, 0.4) is 0 Å². The van der Waals surface area contributed by atoms with Crippen LogP contribution in [-0.2, 0) is 6.42 Å². The highest BCUT2D eigenvalue weighted by molar-refractivity contribution is 7.78. The highest BCUT2D eigenvalue weighted by Crippen LogP contribution is 2.28. The maximum atomic E-state index is 6.19. The summed E-state index contributed by atoms with van der Waals surface area (Å²) in [6, 6.07) is 9.94. The molecule has 0 aliphatic heterocycles. The molecule has 0 saturated carbocycles. The molecule has 0 spiro atoms. The smallest absolute Gasteiger partial charge is 0.0937 e. The number of halogens is 1. The van der Waals surface area contributed by atoms with Crippen molar-refractivity contribution in [3.63, 3.8) is 0 Å². The maximum Gasteiger partial charge on any atom is 0.0937 e. The molecule has 0 unspecified atom stereocenters. The number of isothiocyanates is 1. The van der Waals surface area contributed by atoms with E-state index in [-0.39, 0.29) is 0 Å². The lowest BCUT2D eigenvalue weighted by Gasteiger charge is -2.05. The van der Waals surface area contributed by atoms with E-state index < -0.39 is 0 Å². The van der Waals surface area contributed by atoms with Gasteiger partial charge in [-0.3, -0.25) is 4.98 Å². The van der Waals surface area contributed by atoms with Crippen molar-refractivity contribution in [1.29, 1.82) is 0 Å². The van der Waals surface area contributed by atoms with Gasteiger partial charge in [0.05, 0.1) is 27.8 Å². The molecule has 2 nitrogen and oxygen atoms in total. The molecule has 0 saturated heterocycles. The summed E-state index contributed by atoms with van der Waals surface area (Å²) >= 11 is 10.7. The van der Waals surface area contributed by atoms with Gasteiger partial charge in [0.2, 0.25) is 0 Å². The van der Waals surface area contributed by atoms with E-state index in [1.807, 2.05) is 12.1 Å². The highest BCUT2D eigenvalue weighted by Gasteiger charge is 2.06. The third-order valence-electron chi connectivity index (χ3n) is 2.64. The van der Waals surface area contributed by atoms with Crippen LogP contribution in [0.4, 0.5) is 5.69 Å². The largest absolute Gasteiger partial charge is 0.252 e. The van der Waals surface area contributed by atoms with Crippen LogP contribution in [0.1, 0.15) is 12.5 Å². The van der Waals surface area contributed by atoms with Crippen LogP contribution in [-0.4, -0.2) is 10.1 Å². The van der Waals surface area contributed by atoms with Gasteiger partial charge in [0, 0.05) is 5.56 Å². The molecule has 1 aromatic carbocycles. The van der Waals surface area contributed by atoms with Gasteiger partial charge in [-0.1, -0.05) is 42.8 Å². The van der Waals surface area contributed by atoms with Crippen LogP contribution in [0.15, 0.2) is 41.5 Å². The van der Waals surface area contributed by atoms with Gasteiger partial charge in [-0.15, -0.1) is 0 Å². The van der Waals surface area contributed by atoms with Crippen LogP contribution in [0, 0.1) is 0 Å². The molecule has 0 amide bonds. The predicted octanol–water partition coefficient (Wildman–Crippen LogP) is 4.70. The molecule has 0 atom stereocenters. The summed E-state index contributed by atoms with van der Waals surface area (Å²) in [6.07, 6.45) is 2.65. The number of pyridine rings is 1. The van der Waals surface area contributed by atoms with Crippen LogP contribution >= 0.6 is 23.8 Å². The lowest BCUT2D eigenvalue weighted by atomic mass is 10.1. The molecule has 90 valence electrons. The van der Waals surface area contributed by atoms with Gasteiger partial charge in [0.1, 0.15) is 0 Å². The number of benzene rings is 1. The standard InChI is InChI=1S/C14H11ClN2S/c1-2-10-3-5-11(6-4-10)14-13(15)7-12(8-16-14)17-9-18/h3-8H,2H2,1H3. The average Bonchev–Trinajstić information content (AvgIpc) is 2.40. The Morgan fingerprint density at radius 1 is 1.33 bits per heavy atom. The number of rotatable bonds is 3. The number of hydrogen-bond acceptors (Lipinski definition) is 3. The lowest BCUT2D eigenvalue weighted by Crippen LogP contribution is -1.86. The average molecular weight is 275 g/mol. The zero-order chi connectivity index (χ0) is 13.0. The summed E-state index contributed by atoms with van der Waals surface area (Å²) in [6.45, 7) is 2.12. The minimum atomic E-state index is 0.561. The maximum absolute atomic E-state index is 6.19. The molecule has 18 heavy (non-hydrogen) atoms. The Morgan fingerprint density at radius 3 is 2.61 bits per heavy atom. The second-order valence-corrected chi connectivity index (χ2v) is 4.37. The van der Waals surface area contributed by atoms with Crippen molar-refractivity contribution in [3.8, 4) is 11.3 Å². The molecular formula is C14H11ClN2S. The number of aliphatic imine (C=N–C) groups is 1. The van der Waals surface area contributed by atoms with E-state index in [2.05, 4.69) is 46.4 Å². The third kappa shape index (κ3) is 2.82. The Kier molecular flexibility index (Phi) is 4.21. The molecule has 1 aromatic heterocycles. The molecule has 1 heterocycles. The Balaban J connectivity index is 2.40. The van der Waals surface area contributed by atoms with Crippen molar-refractivity contribution in [1.82, 2.24) is 4.98 Å². The first-order valence-electron chi connectivity index (χ1n) is 5.57. The third-order valence-corrected chi connectivity index (χ3v) is 3.02. The molecule has 0 fully saturated rings. The van der Waals surface area contributed by atoms with Crippen molar-refractivity contribution in [3.05, 3.63) is 47.1 Å². The van der Waals surface area contributed by atoms with E-state index in [0.717, 1.165) is 17.7 Å². The predicted molar refractivity (Wildman–Crippen MR) is 78.7 cm³/mol. The molecule has 0 bridgehead atoms. The molecule has 0 N–H and O–H groups in total. The van der Waals surface area contributed by atoms with Gasteiger partial charge in [0.25, 0.3) is 0 Å². The quantitative estimate of drug-likeness (QED) is 0.599. The Hall–Kier alpha value is -1.54. The monoisotopic (exact) mass is 274 g/mol. The van der Waals surface area contributed by atoms with Crippen LogP contribution in [0.5, 0.6) is 0 Å². The normalized spacial score (nSPS) is 9.89. The molecule has 0 radical (unpaired) electrons. The van der Waals surface area contributed by atoms with Crippen LogP contribution in [0.25, 0.3) is 11.3 Å². The summed E-state index contributed by atoms with van der Waals surface area (Å²) in [7, 11) is 0. The van der Waals surface area contributed by atoms with Crippen molar-refractivity contribution < 1.29 is 0 Å². The fraction of sp³-hybridized carbons (Fsp3) is 0.143. The number of thiocarbonyl (C=S) groups is 1. The molecular weight excluding hydrogens is 264 g/mol. The first-order chi connectivity index (χ1) is 8.74. The molecule has 2 rings (SSSR count). The zero-order valence-corrected chi connectivity index (χ0v) is 11.4. The van der Waals surface area contributed by atoms with Gasteiger partial charge in [0.15, 0.2) is 0 Å². The first kappa shape index (κ1) is 12.9. The van der Waals surface area contributed by atoms with Gasteiger partial charge in [-0.2, -0.15) is 4.99 Å². The minimum Gasteiger partial charge on any atom is -0.252 e. The fourth-order valence-electron chi connectivity index (χ4n) is 1.65. The summed E-state index contributed by atoms with van der Waals surface area (Å²) in [5.41, 5.74) is 3.65. The van der Waals surface area contributed by atoms with E-state index in [1.54, 1.807) is 12.3 Å². The number of aromatic nitrogens is 1. The summed E-state index contributed by atoms with van der Waals surface area (Å²) in [4.78, 5) is 8.16. The van der Waals surface area contributed by atoms with Crippen LogP contribution < -0.4 is 0 Å². The van der Waals surface area contributed by atoms with E-state index in [0.29, 0.717) is 10.7 Å². The molecule has 0 aliphatic carbocycles. The number of aryl methyl sites for hydroxylation is 1. The Labute approximate surface area is 116 Å². The SMILES string of the molecule is CCc1ccc(-c2ncc(N=C=S)cc2Cl)cc1. The number of hydrogen-bond donors (Lipinski definition) is 0. The van der Waals surface area contributed by atoms with Gasteiger partial charge < -0.3 is 0 Å². The first-order valence-corrected chi connectivity index (χ1v) is 6.36. The second-order valence-electron chi connectivity index (χ2n) is 3.78. The summed E-state index contributed by atoms with van der Waals surface area (Å²) in [5.74, 6) is 0. The van der Waals surface area contributed by atoms with Crippen molar-refractivity contribution in [2.24, 2.45) is 4.99 Å². The highest BCUT2D eigenvalue weighted by atomic mass is 35.5. The van der Waals surface area contributed by atoms with Crippen LogP contribution in [0.2, 0.25) is 5.02 Å². The van der Waals surface area contributed by atoms with Gasteiger partial charge >= 0.3 is 0 Å². The van der Waals surface area contributed by atoms with Crippen molar-refractivity contribution in [2.75, 3.05) is 0 Å². The van der Waals surface area contributed by atoms with Gasteiger partial charge in [-0.05, 0) is 30.3 Å². The Morgan fingerprint density at radius 2 is 2.06 bits per heavy atom. The summed E-state index contributed by atoms with van der Waals surface area (Å²) in [5, 5.41) is 2.86. The van der Waals surface area contributed by atoms with E-state index in [9.17, 15) is 0 Å². The summed E-state index contributed by atoms with van der Waals surface area (Å²) < 4.78 is 0. The fourth-order valence-corrected chi connectivity index (χ4v) is 2.03. The van der Waals surface area contributed by atoms with Crippen molar-refractivity contribution >= 4 is 34.7 Å². The number of nitrogens with zero attached hydrogens (tertiary/aromatic N) is 2. The Bertz CT molecular complexity index is 602. The van der Waals surface area contributed by atoms with Gasteiger partial charge in [-0.25, -0.2) is 0 Å². The van der Waals surface area contributed by atoms with E-state index in [1.165, 1.54) is 5.56 Å².